The van der Waals surface area contributed by atoms with Crippen LogP contribution in [-0.4, -0.2) is 24.8 Å². The Kier molecular flexibility index (Phi) is 8.42. The molecule has 0 saturated carbocycles. The van der Waals surface area contributed by atoms with Crippen LogP contribution in [0.15, 0.2) is 48.5 Å². The van der Waals surface area contributed by atoms with Crippen molar-refractivity contribution in [3.05, 3.63) is 64.7 Å². The molecule has 0 spiro atoms. The van der Waals surface area contributed by atoms with E-state index in [0.29, 0.717) is 11.6 Å². The van der Waals surface area contributed by atoms with Gasteiger partial charge in [-0.3, -0.25) is 0 Å². The molecule has 23 heavy (non-hydrogen) atoms. The maximum atomic E-state index is 10.2. The molecule has 2 aromatic carbocycles. The average Bonchev–Trinajstić information content (AvgIpc) is 2.52. The maximum Gasteiger partial charge on any atom is 0.119 e. The van der Waals surface area contributed by atoms with E-state index in [1.807, 2.05) is 30.3 Å². The monoisotopic (exact) mass is 355 g/mol. The Morgan fingerprint density at radius 2 is 1.91 bits per heavy atom. The lowest BCUT2D eigenvalue weighted by molar-refractivity contribution is 0.170. The van der Waals surface area contributed by atoms with Crippen molar-refractivity contribution >= 4 is 24.0 Å². The van der Waals surface area contributed by atoms with Crippen LogP contribution in [0.4, 0.5) is 0 Å². The lowest BCUT2D eigenvalue weighted by atomic mass is 10.1. The van der Waals surface area contributed by atoms with Crippen molar-refractivity contribution in [3.63, 3.8) is 0 Å². The molecule has 2 aromatic rings. The van der Waals surface area contributed by atoms with E-state index < -0.39 is 6.10 Å². The Balaban J connectivity index is 0.00000264. The van der Waals surface area contributed by atoms with E-state index in [-0.39, 0.29) is 18.4 Å². The zero-order valence-corrected chi connectivity index (χ0v) is 14.9. The summed E-state index contributed by atoms with van der Waals surface area (Å²) in [7, 11) is 1.67. The average molecular weight is 356 g/mol. The normalized spacial score (nSPS) is 13.0. The number of aliphatic hydroxyl groups is 1. The van der Waals surface area contributed by atoms with Crippen LogP contribution in [0.3, 0.4) is 0 Å². The number of halogens is 2. The third-order valence-corrected chi connectivity index (χ3v) is 3.80. The van der Waals surface area contributed by atoms with Crippen molar-refractivity contribution in [2.24, 2.45) is 0 Å². The highest BCUT2D eigenvalue weighted by molar-refractivity contribution is 6.30. The molecule has 0 aliphatic heterocycles. The largest absolute Gasteiger partial charge is 0.497 e. The second kappa shape index (κ2) is 9.78. The molecule has 2 unspecified atom stereocenters. The zero-order valence-electron chi connectivity index (χ0n) is 13.3. The molecule has 2 atom stereocenters. The Labute approximate surface area is 149 Å². The molecule has 0 aliphatic carbocycles. The van der Waals surface area contributed by atoms with Gasteiger partial charge in [0.05, 0.1) is 13.2 Å². The van der Waals surface area contributed by atoms with E-state index in [0.717, 1.165) is 17.7 Å². The summed E-state index contributed by atoms with van der Waals surface area (Å²) in [5.41, 5.74) is 2.03. The first-order chi connectivity index (χ1) is 10.6. The van der Waals surface area contributed by atoms with Crippen LogP contribution in [0.2, 0.25) is 5.02 Å². The molecule has 0 aliphatic rings. The van der Waals surface area contributed by atoms with Crippen molar-refractivity contribution < 1.29 is 9.84 Å². The highest BCUT2D eigenvalue weighted by Crippen LogP contribution is 2.18. The second-order valence-corrected chi connectivity index (χ2v) is 5.87. The van der Waals surface area contributed by atoms with E-state index in [4.69, 9.17) is 16.3 Å². The van der Waals surface area contributed by atoms with Gasteiger partial charge in [0.1, 0.15) is 5.75 Å². The van der Waals surface area contributed by atoms with E-state index >= 15 is 0 Å². The van der Waals surface area contributed by atoms with Gasteiger partial charge in [-0.1, -0.05) is 35.9 Å². The number of aliphatic hydroxyl groups excluding tert-OH is 1. The summed E-state index contributed by atoms with van der Waals surface area (Å²) in [4.78, 5) is 0. The molecule has 0 fully saturated rings. The summed E-state index contributed by atoms with van der Waals surface area (Å²) >= 11 is 5.94. The minimum absolute atomic E-state index is 0. The summed E-state index contributed by atoms with van der Waals surface area (Å²) in [5, 5.41) is 14.2. The van der Waals surface area contributed by atoms with Crippen LogP contribution in [0.1, 0.15) is 24.2 Å². The highest BCUT2D eigenvalue weighted by atomic mass is 35.5. The van der Waals surface area contributed by atoms with Crippen LogP contribution in [0.5, 0.6) is 5.75 Å². The Bertz CT molecular complexity index is 607. The molecule has 0 aromatic heterocycles. The molecule has 2 rings (SSSR count). The zero-order chi connectivity index (χ0) is 15.9. The van der Waals surface area contributed by atoms with E-state index in [2.05, 4.69) is 18.3 Å². The summed E-state index contributed by atoms with van der Waals surface area (Å²) in [6.45, 7) is 2.59. The van der Waals surface area contributed by atoms with Gasteiger partial charge < -0.3 is 15.2 Å². The summed E-state index contributed by atoms with van der Waals surface area (Å²) in [6, 6.07) is 15.6. The molecular formula is C18H23Cl2NO2. The number of hydrogen-bond acceptors (Lipinski definition) is 3. The second-order valence-electron chi connectivity index (χ2n) is 5.44. The number of nitrogens with one attached hydrogen (secondary N) is 1. The van der Waals surface area contributed by atoms with Gasteiger partial charge in [-0.15, -0.1) is 12.4 Å². The lowest BCUT2D eigenvalue weighted by Gasteiger charge is -2.18. The van der Waals surface area contributed by atoms with Gasteiger partial charge in [0, 0.05) is 17.6 Å². The fraction of sp³-hybridized carbons (Fsp3) is 0.333. The lowest BCUT2D eigenvalue weighted by Crippen LogP contribution is -2.32. The molecular weight excluding hydrogens is 333 g/mol. The van der Waals surface area contributed by atoms with Gasteiger partial charge >= 0.3 is 0 Å². The molecule has 2 N–H and O–H groups in total. The van der Waals surface area contributed by atoms with Gasteiger partial charge in [0.15, 0.2) is 0 Å². The van der Waals surface area contributed by atoms with Crippen LogP contribution in [0.25, 0.3) is 0 Å². The van der Waals surface area contributed by atoms with Crippen LogP contribution in [0, 0.1) is 0 Å². The van der Waals surface area contributed by atoms with E-state index in [1.165, 1.54) is 5.56 Å². The van der Waals surface area contributed by atoms with Gasteiger partial charge in [0.2, 0.25) is 0 Å². The molecule has 0 heterocycles. The van der Waals surface area contributed by atoms with Gasteiger partial charge in [-0.2, -0.15) is 0 Å². The first kappa shape index (κ1) is 19.8. The number of benzene rings is 2. The third kappa shape index (κ3) is 6.40. The fourth-order valence-electron chi connectivity index (χ4n) is 2.37. The fourth-order valence-corrected chi connectivity index (χ4v) is 2.57. The first-order valence-electron chi connectivity index (χ1n) is 7.38. The predicted molar refractivity (Wildman–Crippen MR) is 97.8 cm³/mol. The van der Waals surface area contributed by atoms with Gasteiger partial charge in [0.25, 0.3) is 0 Å². The quantitative estimate of drug-likeness (QED) is 0.787. The van der Waals surface area contributed by atoms with Crippen molar-refractivity contribution in [1.82, 2.24) is 5.32 Å². The molecule has 0 amide bonds. The van der Waals surface area contributed by atoms with Crippen molar-refractivity contribution in [1.29, 1.82) is 0 Å². The SMILES string of the molecule is COc1cccc(CC(C)NCC(O)c2cccc(Cl)c2)c1.Cl. The Morgan fingerprint density at radius 1 is 1.17 bits per heavy atom. The number of methoxy groups -OCH3 is 1. The molecule has 126 valence electrons. The van der Waals surface area contributed by atoms with Crippen molar-refractivity contribution in [3.8, 4) is 5.75 Å². The summed E-state index contributed by atoms with van der Waals surface area (Å²) in [6.07, 6.45) is 0.311. The summed E-state index contributed by atoms with van der Waals surface area (Å²) < 4.78 is 5.23. The smallest absolute Gasteiger partial charge is 0.119 e. The Morgan fingerprint density at radius 3 is 2.61 bits per heavy atom. The summed E-state index contributed by atoms with van der Waals surface area (Å²) in [5.74, 6) is 0.865. The van der Waals surface area contributed by atoms with Crippen LogP contribution in [-0.2, 0) is 6.42 Å². The topological polar surface area (TPSA) is 41.5 Å². The van der Waals surface area contributed by atoms with Crippen LogP contribution >= 0.6 is 24.0 Å². The third-order valence-electron chi connectivity index (χ3n) is 3.57. The Hall–Kier alpha value is -1.26. The number of rotatable bonds is 7. The maximum absolute atomic E-state index is 10.2. The van der Waals surface area contributed by atoms with Gasteiger partial charge in [-0.25, -0.2) is 0 Å². The minimum atomic E-state index is -0.563. The van der Waals surface area contributed by atoms with Crippen molar-refractivity contribution in [2.75, 3.05) is 13.7 Å². The van der Waals surface area contributed by atoms with Crippen LogP contribution < -0.4 is 10.1 Å². The van der Waals surface area contributed by atoms with E-state index in [1.54, 1.807) is 19.2 Å². The van der Waals surface area contributed by atoms with E-state index in [9.17, 15) is 5.11 Å². The van der Waals surface area contributed by atoms with Gasteiger partial charge in [-0.05, 0) is 48.7 Å². The molecule has 0 saturated heterocycles. The first-order valence-corrected chi connectivity index (χ1v) is 7.76. The number of hydrogen-bond donors (Lipinski definition) is 2. The molecule has 0 radical (unpaired) electrons. The minimum Gasteiger partial charge on any atom is -0.497 e. The number of ether oxygens (including phenoxy) is 1. The highest BCUT2D eigenvalue weighted by Gasteiger charge is 2.10. The molecule has 3 nitrogen and oxygen atoms in total. The standard InChI is InChI=1S/C18H22ClNO2.ClH/c1-13(9-14-5-3-8-17(10-14)22-2)20-12-18(21)15-6-4-7-16(19)11-15;/h3-8,10-11,13,18,20-21H,9,12H2,1-2H3;1H. The molecule has 5 heteroatoms. The predicted octanol–water partition coefficient (Wildman–Crippen LogP) is 4.02. The van der Waals surface area contributed by atoms with Crippen molar-refractivity contribution in [2.45, 2.75) is 25.5 Å². The molecule has 0 bridgehead atoms.